The molecular weight excluding hydrogens is 462 g/mol. The van der Waals surface area contributed by atoms with Crippen LogP contribution in [-0.4, -0.2) is 47.8 Å². The van der Waals surface area contributed by atoms with Crippen LogP contribution >= 0.6 is 0 Å². The van der Waals surface area contributed by atoms with Crippen LogP contribution in [-0.2, 0) is 13.1 Å². The van der Waals surface area contributed by atoms with Crippen LogP contribution < -0.4 is 5.32 Å². The van der Waals surface area contributed by atoms with E-state index in [4.69, 9.17) is 8.83 Å². The van der Waals surface area contributed by atoms with Crippen LogP contribution in [0.4, 0.5) is 5.69 Å². The van der Waals surface area contributed by atoms with Crippen LogP contribution in [0.15, 0.2) is 63.6 Å². The van der Waals surface area contributed by atoms with E-state index >= 15 is 0 Å². The number of ketones is 1. The summed E-state index contributed by atoms with van der Waals surface area (Å²) >= 11 is 0. The fraction of sp³-hybridized carbons (Fsp3) is 0.387. The summed E-state index contributed by atoms with van der Waals surface area (Å²) in [6, 6.07) is 16.5. The van der Waals surface area contributed by atoms with Crippen LogP contribution in [0.2, 0.25) is 0 Å². The van der Waals surface area contributed by atoms with Gasteiger partial charge in [0.1, 0.15) is 17.3 Å². The van der Waals surface area contributed by atoms with Gasteiger partial charge in [0.15, 0.2) is 5.78 Å². The second-order valence-electron chi connectivity index (χ2n) is 10.7. The molecule has 2 aliphatic carbocycles. The van der Waals surface area contributed by atoms with E-state index in [0.717, 1.165) is 78.1 Å². The molecule has 0 unspecified atom stereocenters. The van der Waals surface area contributed by atoms with Gasteiger partial charge in [0.25, 0.3) is 0 Å². The Balaban J connectivity index is 1.20. The Labute approximate surface area is 217 Å². The smallest absolute Gasteiger partial charge is 0.196 e. The van der Waals surface area contributed by atoms with Gasteiger partial charge >= 0.3 is 0 Å². The van der Waals surface area contributed by atoms with Crippen molar-refractivity contribution in [2.45, 2.75) is 51.2 Å². The summed E-state index contributed by atoms with van der Waals surface area (Å²) in [5.41, 5.74) is 3.11. The first-order valence-electron chi connectivity index (χ1n) is 13.7. The van der Waals surface area contributed by atoms with Crippen molar-refractivity contribution in [2.75, 3.05) is 31.5 Å². The molecule has 1 saturated carbocycles. The molecule has 1 N–H and O–H groups in total. The Kier molecular flexibility index (Phi) is 5.86. The summed E-state index contributed by atoms with van der Waals surface area (Å²) in [5, 5.41) is 5.42. The Morgan fingerprint density at radius 3 is 2.49 bits per heavy atom. The first-order chi connectivity index (χ1) is 18.3. The summed E-state index contributed by atoms with van der Waals surface area (Å²) in [6.45, 7) is 5.65. The molecule has 190 valence electrons. The lowest BCUT2D eigenvalue weighted by Crippen LogP contribution is -2.50. The van der Waals surface area contributed by atoms with Crippen molar-refractivity contribution < 1.29 is 13.6 Å². The first kappa shape index (κ1) is 22.8. The normalized spacial score (nSPS) is 18.9. The zero-order chi connectivity index (χ0) is 24.8. The lowest BCUT2D eigenvalue weighted by Gasteiger charge is -2.40. The van der Waals surface area contributed by atoms with E-state index in [2.05, 4.69) is 21.2 Å². The average Bonchev–Trinajstić information content (AvgIpc) is 3.60. The number of hydrogen-bond donors (Lipinski definition) is 1. The molecule has 0 bridgehead atoms. The van der Waals surface area contributed by atoms with E-state index in [1.807, 2.05) is 42.5 Å². The highest BCUT2D eigenvalue weighted by molar-refractivity contribution is 6.28. The Bertz CT molecular complexity index is 1420. The van der Waals surface area contributed by atoms with Crippen molar-refractivity contribution in [1.82, 2.24) is 9.80 Å². The van der Waals surface area contributed by atoms with Gasteiger partial charge in [-0.05, 0) is 37.1 Å². The second kappa shape index (κ2) is 9.51. The molecule has 0 radical (unpaired) electrons. The first-order valence-corrected chi connectivity index (χ1v) is 13.7. The van der Waals surface area contributed by atoms with Crippen molar-refractivity contribution in [3.63, 3.8) is 0 Å². The molecule has 2 aromatic heterocycles. The van der Waals surface area contributed by atoms with Gasteiger partial charge in [-0.3, -0.25) is 14.6 Å². The summed E-state index contributed by atoms with van der Waals surface area (Å²) in [6.07, 6.45) is 8.55. The molecule has 3 heterocycles. The molecule has 6 heteroatoms. The third-order valence-electron chi connectivity index (χ3n) is 8.50. The number of furan rings is 2. The molecule has 2 aromatic carbocycles. The quantitative estimate of drug-likeness (QED) is 0.298. The van der Waals surface area contributed by atoms with Gasteiger partial charge in [-0.25, -0.2) is 0 Å². The zero-order valence-corrected chi connectivity index (χ0v) is 21.2. The minimum Gasteiger partial charge on any atom is -0.467 e. The van der Waals surface area contributed by atoms with Crippen molar-refractivity contribution in [3.8, 4) is 11.3 Å². The molecule has 7 rings (SSSR count). The highest BCUT2D eigenvalue weighted by Crippen LogP contribution is 2.45. The number of carbonyl (C=O) groups excluding carboxylic acids is 1. The van der Waals surface area contributed by atoms with E-state index in [-0.39, 0.29) is 5.78 Å². The van der Waals surface area contributed by atoms with Gasteiger partial charge in [0.05, 0.1) is 24.9 Å². The van der Waals surface area contributed by atoms with Gasteiger partial charge in [-0.1, -0.05) is 43.5 Å². The van der Waals surface area contributed by atoms with Crippen LogP contribution in [0.3, 0.4) is 0 Å². The van der Waals surface area contributed by atoms with Crippen molar-refractivity contribution in [3.05, 3.63) is 77.4 Å². The summed E-state index contributed by atoms with van der Waals surface area (Å²) in [7, 11) is 0. The van der Waals surface area contributed by atoms with Crippen molar-refractivity contribution in [2.24, 2.45) is 0 Å². The van der Waals surface area contributed by atoms with Crippen molar-refractivity contribution >= 4 is 22.2 Å². The Morgan fingerprint density at radius 1 is 0.892 bits per heavy atom. The van der Waals surface area contributed by atoms with E-state index in [1.165, 1.54) is 32.1 Å². The van der Waals surface area contributed by atoms with E-state index in [0.29, 0.717) is 17.7 Å². The molecular formula is C31H33N3O3. The van der Waals surface area contributed by atoms with Gasteiger partial charge < -0.3 is 14.2 Å². The molecule has 4 aromatic rings. The minimum absolute atomic E-state index is 0.0455. The maximum absolute atomic E-state index is 13.7. The van der Waals surface area contributed by atoms with Gasteiger partial charge in [0.2, 0.25) is 0 Å². The molecule has 2 fully saturated rings. The van der Waals surface area contributed by atoms with Crippen LogP contribution in [0.25, 0.3) is 22.1 Å². The highest BCUT2D eigenvalue weighted by atomic mass is 16.3. The lowest BCUT2D eigenvalue weighted by molar-refractivity contribution is 0.0726. The maximum atomic E-state index is 13.7. The van der Waals surface area contributed by atoms with Crippen LogP contribution in [0, 0.1) is 0 Å². The van der Waals surface area contributed by atoms with Crippen LogP contribution in [0.1, 0.15) is 59.5 Å². The van der Waals surface area contributed by atoms with E-state index in [9.17, 15) is 4.79 Å². The number of carbonyl (C=O) groups is 1. The number of benzene rings is 2. The predicted molar refractivity (Wildman–Crippen MR) is 145 cm³/mol. The predicted octanol–water partition coefficient (Wildman–Crippen LogP) is 6.30. The topological polar surface area (TPSA) is 61.9 Å². The molecule has 1 aliphatic heterocycles. The van der Waals surface area contributed by atoms with Gasteiger partial charge in [-0.2, -0.15) is 0 Å². The van der Waals surface area contributed by atoms with E-state index < -0.39 is 0 Å². The maximum Gasteiger partial charge on any atom is 0.196 e. The molecule has 1 saturated heterocycles. The Morgan fingerprint density at radius 2 is 1.70 bits per heavy atom. The van der Waals surface area contributed by atoms with E-state index in [1.54, 1.807) is 6.26 Å². The summed E-state index contributed by atoms with van der Waals surface area (Å²) in [5.74, 6) is 2.65. The van der Waals surface area contributed by atoms with Gasteiger partial charge in [0, 0.05) is 59.8 Å². The third kappa shape index (κ3) is 4.09. The molecule has 37 heavy (non-hydrogen) atoms. The number of anilines is 1. The highest BCUT2D eigenvalue weighted by Gasteiger charge is 2.33. The number of rotatable bonds is 6. The number of nitrogens with zero attached hydrogens (tertiary/aromatic N) is 2. The van der Waals surface area contributed by atoms with Crippen LogP contribution in [0.5, 0.6) is 0 Å². The zero-order valence-electron chi connectivity index (χ0n) is 21.2. The largest absolute Gasteiger partial charge is 0.467 e. The molecule has 3 aliphatic rings. The van der Waals surface area contributed by atoms with Crippen molar-refractivity contribution in [1.29, 1.82) is 0 Å². The summed E-state index contributed by atoms with van der Waals surface area (Å²) < 4.78 is 12.1. The fourth-order valence-corrected chi connectivity index (χ4v) is 6.54. The monoisotopic (exact) mass is 495 g/mol. The third-order valence-corrected chi connectivity index (χ3v) is 8.50. The standard InChI is InChI=1S/C31H33N3O3/c35-30-23-10-4-5-11-24(23)31-28-25(12-13-26(29(28)30)32-19-22-9-6-18-36-22)27(37-31)20-33-14-16-34(17-15-33)21-7-2-1-3-8-21/h4-6,9-13,18,21,32H,1-3,7-8,14-17,19-20H2. The molecule has 0 amide bonds. The lowest BCUT2D eigenvalue weighted by atomic mass is 9.86. The number of nitrogens with one attached hydrogen (secondary N) is 1. The summed E-state index contributed by atoms with van der Waals surface area (Å²) in [4.78, 5) is 19.0. The SMILES string of the molecule is O=C1c2ccccc2-c2oc(CN3CCN(C4CCCCC4)CC3)c3ccc(NCc4ccco4)c1c23. The minimum atomic E-state index is 0.0455. The molecule has 6 nitrogen and oxygen atoms in total. The number of piperazine rings is 1. The Hall–Kier alpha value is -3.35. The number of hydrogen-bond acceptors (Lipinski definition) is 6. The molecule has 0 spiro atoms. The molecule has 0 atom stereocenters. The number of fused-ring (bicyclic) bond motifs is 2. The average molecular weight is 496 g/mol. The fourth-order valence-electron chi connectivity index (χ4n) is 6.54. The van der Waals surface area contributed by atoms with Gasteiger partial charge in [-0.15, -0.1) is 0 Å². The second-order valence-corrected chi connectivity index (χ2v) is 10.7.